The van der Waals surface area contributed by atoms with Crippen LogP contribution < -0.4 is 10.1 Å². The van der Waals surface area contributed by atoms with Crippen molar-refractivity contribution in [3.63, 3.8) is 0 Å². The number of carbonyl (C=O) groups excluding carboxylic acids is 1. The lowest BCUT2D eigenvalue weighted by Gasteiger charge is -2.19. The average Bonchev–Trinajstić information content (AvgIpc) is 3.08. The monoisotopic (exact) mass is 322 g/mol. The maximum atomic E-state index is 12.8. The van der Waals surface area contributed by atoms with Crippen LogP contribution in [-0.4, -0.2) is 43.6 Å². The van der Waals surface area contributed by atoms with E-state index in [2.05, 4.69) is 5.32 Å². The van der Waals surface area contributed by atoms with E-state index >= 15 is 0 Å². The number of amides is 1. The van der Waals surface area contributed by atoms with Gasteiger partial charge in [0.2, 0.25) is 0 Å². The molecule has 3 aliphatic rings. The molecule has 0 aromatic heterocycles. The van der Waals surface area contributed by atoms with Gasteiger partial charge in [-0.05, 0) is 42.7 Å². The summed E-state index contributed by atoms with van der Waals surface area (Å²) in [6, 6.07) is 7.70. The van der Waals surface area contributed by atoms with Crippen molar-refractivity contribution in [2.45, 2.75) is 12.8 Å². The largest absolute Gasteiger partial charge is 0.492 e. The zero-order chi connectivity index (χ0) is 14.2. The fourth-order valence-electron chi connectivity index (χ4n) is 3.45. The summed E-state index contributed by atoms with van der Waals surface area (Å²) >= 11 is 0. The average molecular weight is 323 g/mol. The fraction of sp³-hybridized carbons (Fsp3) is 0.588. The van der Waals surface area contributed by atoms with Crippen molar-refractivity contribution in [2.24, 2.45) is 17.8 Å². The molecular formula is C17H23ClN2O2. The Morgan fingerprint density at radius 2 is 1.86 bits per heavy atom. The molecule has 2 atom stereocenters. The molecule has 1 aliphatic carbocycles. The fourth-order valence-corrected chi connectivity index (χ4v) is 3.45. The quantitative estimate of drug-likeness (QED) is 0.924. The maximum absolute atomic E-state index is 12.8. The van der Waals surface area contributed by atoms with Gasteiger partial charge in [-0.3, -0.25) is 4.79 Å². The summed E-state index contributed by atoms with van der Waals surface area (Å²) in [4.78, 5) is 14.8. The summed E-state index contributed by atoms with van der Waals surface area (Å²) in [6.07, 6.45) is 2.52. The first-order valence-electron chi connectivity index (χ1n) is 8.03. The van der Waals surface area contributed by atoms with Gasteiger partial charge in [0, 0.05) is 26.2 Å². The number of likely N-dealkylation sites (tertiary alicyclic amines) is 1. The van der Waals surface area contributed by atoms with Crippen molar-refractivity contribution >= 4 is 18.3 Å². The van der Waals surface area contributed by atoms with Gasteiger partial charge in [-0.1, -0.05) is 12.1 Å². The lowest BCUT2D eigenvalue weighted by molar-refractivity contribution is 0.0777. The molecule has 0 radical (unpaired) electrons. The first kappa shape index (κ1) is 15.6. The number of carbonyl (C=O) groups is 1. The molecular weight excluding hydrogens is 300 g/mol. The number of ether oxygens (including phenoxy) is 1. The number of para-hydroxylation sites is 1. The Labute approximate surface area is 137 Å². The highest BCUT2D eigenvalue weighted by Gasteiger charge is 2.38. The second kappa shape index (κ2) is 6.47. The summed E-state index contributed by atoms with van der Waals surface area (Å²) in [5, 5.41) is 3.41. The van der Waals surface area contributed by atoms with E-state index in [1.54, 1.807) is 0 Å². The zero-order valence-electron chi connectivity index (χ0n) is 12.7. The predicted octanol–water partition coefficient (Wildman–Crippen LogP) is 2.19. The van der Waals surface area contributed by atoms with Crippen LogP contribution >= 0.6 is 12.4 Å². The van der Waals surface area contributed by atoms with Crippen molar-refractivity contribution in [1.82, 2.24) is 10.2 Å². The van der Waals surface area contributed by atoms with Crippen LogP contribution in [0.1, 0.15) is 23.2 Å². The number of benzene rings is 1. The van der Waals surface area contributed by atoms with E-state index in [1.165, 1.54) is 12.8 Å². The predicted molar refractivity (Wildman–Crippen MR) is 87.7 cm³/mol. The van der Waals surface area contributed by atoms with Crippen LogP contribution in [0.25, 0.3) is 0 Å². The molecule has 1 saturated carbocycles. The van der Waals surface area contributed by atoms with Gasteiger partial charge in [-0.25, -0.2) is 0 Å². The van der Waals surface area contributed by atoms with Crippen molar-refractivity contribution < 1.29 is 9.53 Å². The number of nitrogens with one attached hydrogen (secondary N) is 1. The summed E-state index contributed by atoms with van der Waals surface area (Å²) in [5.41, 5.74) is 0.728. The number of halogens is 1. The summed E-state index contributed by atoms with van der Waals surface area (Å²) in [5.74, 6) is 2.85. The van der Waals surface area contributed by atoms with Crippen LogP contribution in [0.15, 0.2) is 24.3 Å². The molecule has 1 amide bonds. The third-order valence-electron chi connectivity index (χ3n) is 4.97. The Morgan fingerprint density at radius 3 is 2.55 bits per heavy atom. The Hall–Kier alpha value is -1.26. The minimum atomic E-state index is 0. The minimum absolute atomic E-state index is 0. The van der Waals surface area contributed by atoms with E-state index in [1.807, 2.05) is 29.2 Å². The van der Waals surface area contributed by atoms with Crippen molar-refractivity contribution in [3.05, 3.63) is 29.8 Å². The summed E-state index contributed by atoms with van der Waals surface area (Å²) in [6.45, 7) is 4.61. The zero-order valence-corrected chi connectivity index (χ0v) is 13.5. The first-order valence-corrected chi connectivity index (χ1v) is 8.03. The third kappa shape index (κ3) is 3.08. The molecule has 2 saturated heterocycles. The molecule has 4 rings (SSSR count). The normalized spacial score (nSPS) is 26.5. The number of fused-ring (bicyclic) bond motifs is 1. The highest BCUT2D eigenvalue weighted by molar-refractivity contribution is 5.97. The van der Waals surface area contributed by atoms with Crippen LogP contribution in [0.2, 0.25) is 0 Å². The highest BCUT2D eigenvalue weighted by atomic mass is 35.5. The molecule has 0 unspecified atom stereocenters. The topological polar surface area (TPSA) is 41.6 Å². The minimum Gasteiger partial charge on any atom is -0.492 e. The van der Waals surface area contributed by atoms with Gasteiger partial charge in [0.05, 0.1) is 12.2 Å². The summed E-state index contributed by atoms with van der Waals surface area (Å²) in [7, 11) is 0. The molecule has 120 valence electrons. The van der Waals surface area contributed by atoms with E-state index in [9.17, 15) is 4.79 Å². The van der Waals surface area contributed by atoms with Crippen LogP contribution in [0, 0.1) is 17.8 Å². The Morgan fingerprint density at radius 1 is 1.18 bits per heavy atom. The molecule has 1 N–H and O–H groups in total. The van der Waals surface area contributed by atoms with Gasteiger partial charge in [0.15, 0.2) is 0 Å². The van der Waals surface area contributed by atoms with Gasteiger partial charge in [-0.15, -0.1) is 12.4 Å². The van der Waals surface area contributed by atoms with Gasteiger partial charge in [0.1, 0.15) is 5.75 Å². The van der Waals surface area contributed by atoms with Crippen LogP contribution in [0.5, 0.6) is 5.75 Å². The van der Waals surface area contributed by atoms with E-state index < -0.39 is 0 Å². The van der Waals surface area contributed by atoms with E-state index in [0.717, 1.165) is 44.1 Å². The van der Waals surface area contributed by atoms with Gasteiger partial charge in [-0.2, -0.15) is 0 Å². The number of nitrogens with zero attached hydrogens (tertiary/aromatic N) is 1. The van der Waals surface area contributed by atoms with Crippen LogP contribution in [0.4, 0.5) is 0 Å². The summed E-state index contributed by atoms with van der Waals surface area (Å²) < 4.78 is 5.88. The van der Waals surface area contributed by atoms with E-state index in [-0.39, 0.29) is 18.3 Å². The van der Waals surface area contributed by atoms with Crippen molar-refractivity contribution in [3.8, 4) is 5.75 Å². The van der Waals surface area contributed by atoms with E-state index in [4.69, 9.17) is 4.74 Å². The first-order chi connectivity index (χ1) is 10.3. The van der Waals surface area contributed by atoms with Crippen LogP contribution in [0.3, 0.4) is 0 Å². The molecule has 3 fully saturated rings. The Bertz CT molecular complexity index is 535. The molecule has 0 spiro atoms. The molecule has 1 aromatic carbocycles. The van der Waals surface area contributed by atoms with E-state index in [0.29, 0.717) is 17.8 Å². The third-order valence-corrected chi connectivity index (χ3v) is 4.97. The SMILES string of the molecule is Cl.O=C(c1ccccc1OCC1CC1)N1C[C@H]2CNC[C@H]2C1. The lowest BCUT2D eigenvalue weighted by atomic mass is 10.0. The molecule has 4 nitrogen and oxygen atoms in total. The smallest absolute Gasteiger partial charge is 0.257 e. The molecule has 2 aliphatic heterocycles. The number of hydrogen-bond donors (Lipinski definition) is 1. The standard InChI is InChI=1S/C17H22N2O2.ClH/c20-17(19-9-13-7-18-8-14(13)10-19)15-3-1-2-4-16(15)21-11-12-5-6-12;/h1-4,12-14,18H,5-11H2;1H/t13-,14+;. The van der Waals surface area contributed by atoms with Gasteiger partial charge < -0.3 is 15.0 Å². The maximum Gasteiger partial charge on any atom is 0.257 e. The molecule has 0 bridgehead atoms. The second-order valence-corrected chi connectivity index (χ2v) is 6.64. The van der Waals surface area contributed by atoms with Crippen molar-refractivity contribution in [1.29, 1.82) is 0 Å². The lowest BCUT2D eigenvalue weighted by Crippen LogP contribution is -2.32. The second-order valence-electron chi connectivity index (χ2n) is 6.64. The molecule has 5 heteroatoms. The van der Waals surface area contributed by atoms with Gasteiger partial charge >= 0.3 is 0 Å². The Kier molecular flexibility index (Phi) is 4.59. The number of rotatable bonds is 4. The molecule has 22 heavy (non-hydrogen) atoms. The highest BCUT2D eigenvalue weighted by Crippen LogP contribution is 2.32. The Balaban J connectivity index is 0.00000144. The molecule has 1 aromatic rings. The van der Waals surface area contributed by atoms with Crippen LogP contribution in [-0.2, 0) is 0 Å². The molecule has 2 heterocycles. The van der Waals surface area contributed by atoms with Gasteiger partial charge in [0.25, 0.3) is 5.91 Å². The number of hydrogen-bond acceptors (Lipinski definition) is 3. The van der Waals surface area contributed by atoms with Crippen molar-refractivity contribution in [2.75, 3.05) is 32.8 Å².